The fourth-order valence-electron chi connectivity index (χ4n) is 3.13. The first-order chi connectivity index (χ1) is 15.0. The number of hydrogen-bond acceptors (Lipinski definition) is 5. The summed E-state index contributed by atoms with van der Waals surface area (Å²) in [5, 5.41) is 9.00. The Morgan fingerprint density at radius 3 is 2.42 bits per heavy atom. The highest BCUT2D eigenvalue weighted by Gasteiger charge is 2.21. The molecule has 31 heavy (non-hydrogen) atoms. The van der Waals surface area contributed by atoms with Crippen LogP contribution >= 0.6 is 11.3 Å². The Hall–Kier alpha value is -3.78. The van der Waals surface area contributed by atoms with E-state index in [9.17, 15) is 14.0 Å². The van der Waals surface area contributed by atoms with E-state index < -0.39 is 5.82 Å². The van der Waals surface area contributed by atoms with Crippen molar-refractivity contribution in [1.82, 2.24) is 9.78 Å². The van der Waals surface area contributed by atoms with Crippen LogP contribution in [0.25, 0.3) is 16.8 Å². The van der Waals surface area contributed by atoms with E-state index in [1.54, 1.807) is 55.8 Å². The van der Waals surface area contributed by atoms with Crippen LogP contribution in [-0.4, -0.2) is 22.8 Å². The van der Waals surface area contributed by atoms with Crippen LogP contribution in [0.4, 0.5) is 10.2 Å². The van der Waals surface area contributed by atoms with Gasteiger partial charge in [-0.25, -0.2) is 9.07 Å². The minimum atomic E-state index is -0.402. The van der Waals surface area contributed by atoms with Crippen LogP contribution in [0.5, 0.6) is 5.75 Å². The average molecular weight is 435 g/mol. The van der Waals surface area contributed by atoms with E-state index in [1.165, 1.54) is 40.3 Å². The number of thiophene rings is 1. The number of benzene rings is 2. The first-order valence-corrected chi connectivity index (χ1v) is 10.2. The van der Waals surface area contributed by atoms with Crippen LogP contribution in [0.3, 0.4) is 0 Å². The van der Waals surface area contributed by atoms with Gasteiger partial charge in [-0.1, -0.05) is 18.2 Å². The molecule has 0 saturated carbocycles. The summed E-state index contributed by atoms with van der Waals surface area (Å²) in [5.74, 6) is 0.0649. The van der Waals surface area contributed by atoms with E-state index in [-0.39, 0.29) is 28.4 Å². The molecule has 0 spiro atoms. The summed E-state index contributed by atoms with van der Waals surface area (Å²) < 4.78 is 20.2. The molecule has 2 aromatic carbocycles. The summed E-state index contributed by atoms with van der Waals surface area (Å²) >= 11 is 1.28. The van der Waals surface area contributed by atoms with Crippen molar-refractivity contribution in [2.75, 3.05) is 12.4 Å². The van der Waals surface area contributed by atoms with Crippen molar-refractivity contribution in [3.63, 3.8) is 0 Å². The molecular weight excluding hydrogens is 417 g/mol. The Kier molecular flexibility index (Phi) is 5.64. The van der Waals surface area contributed by atoms with E-state index in [0.717, 1.165) is 0 Å². The second-order valence-corrected chi connectivity index (χ2v) is 7.63. The van der Waals surface area contributed by atoms with Gasteiger partial charge in [-0.05, 0) is 60.3 Å². The Morgan fingerprint density at radius 1 is 1.10 bits per heavy atom. The molecule has 6 nitrogen and oxygen atoms in total. The number of amides is 1. The molecule has 156 valence electrons. The molecule has 8 heteroatoms. The fourth-order valence-corrected chi connectivity index (χ4v) is 3.75. The van der Waals surface area contributed by atoms with Crippen molar-refractivity contribution >= 4 is 23.1 Å². The number of aromatic nitrogens is 2. The Balaban J connectivity index is 1.95. The van der Waals surface area contributed by atoms with E-state index in [0.29, 0.717) is 21.9 Å². The first kappa shape index (κ1) is 20.5. The number of anilines is 1. The zero-order chi connectivity index (χ0) is 22.0. The quantitative estimate of drug-likeness (QED) is 0.494. The van der Waals surface area contributed by atoms with Crippen LogP contribution in [0.1, 0.15) is 15.4 Å². The second kappa shape index (κ2) is 8.53. The number of halogens is 1. The molecular formula is C23H18FN3O3S. The van der Waals surface area contributed by atoms with Gasteiger partial charge in [0.2, 0.25) is 5.43 Å². The third-order valence-electron chi connectivity index (χ3n) is 4.68. The van der Waals surface area contributed by atoms with Crippen molar-refractivity contribution in [3.8, 4) is 22.6 Å². The molecule has 4 rings (SSSR count). The molecule has 0 atom stereocenters. The van der Waals surface area contributed by atoms with E-state index in [2.05, 4.69) is 10.4 Å². The third kappa shape index (κ3) is 4.10. The Bertz CT molecular complexity index is 1280. The normalized spacial score (nSPS) is 10.7. The molecule has 0 unspecified atom stereocenters. The maximum atomic E-state index is 13.5. The largest absolute Gasteiger partial charge is 0.497 e. The van der Waals surface area contributed by atoms with Crippen LogP contribution in [0.15, 0.2) is 70.8 Å². The molecule has 2 aromatic heterocycles. The van der Waals surface area contributed by atoms with Gasteiger partial charge in [0.25, 0.3) is 5.91 Å². The van der Waals surface area contributed by atoms with E-state index >= 15 is 0 Å². The van der Waals surface area contributed by atoms with Gasteiger partial charge in [0.05, 0.1) is 23.2 Å². The first-order valence-electron chi connectivity index (χ1n) is 9.37. The van der Waals surface area contributed by atoms with E-state index in [4.69, 9.17) is 4.74 Å². The molecule has 0 radical (unpaired) electrons. The van der Waals surface area contributed by atoms with Gasteiger partial charge < -0.3 is 10.1 Å². The predicted octanol–water partition coefficient (Wildman–Crippen LogP) is 4.67. The summed E-state index contributed by atoms with van der Waals surface area (Å²) in [7, 11) is 1.56. The molecule has 2 heterocycles. The van der Waals surface area contributed by atoms with Crippen LogP contribution in [0.2, 0.25) is 0 Å². The Morgan fingerprint density at radius 2 is 1.81 bits per heavy atom. The van der Waals surface area contributed by atoms with Gasteiger partial charge in [-0.3, -0.25) is 9.59 Å². The van der Waals surface area contributed by atoms with Gasteiger partial charge >= 0.3 is 0 Å². The van der Waals surface area contributed by atoms with Gasteiger partial charge in [0.1, 0.15) is 23.1 Å². The second-order valence-electron chi connectivity index (χ2n) is 6.69. The molecule has 0 aliphatic rings. The lowest BCUT2D eigenvalue weighted by atomic mass is 10.0. The monoisotopic (exact) mass is 435 g/mol. The maximum absolute atomic E-state index is 13.5. The number of aryl methyl sites for hydroxylation is 1. The summed E-state index contributed by atoms with van der Waals surface area (Å²) in [6, 6.07) is 16.1. The summed E-state index contributed by atoms with van der Waals surface area (Å²) in [5.41, 5.74) is 1.30. The summed E-state index contributed by atoms with van der Waals surface area (Å²) in [6.07, 6.45) is 0. The van der Waals surface area contributed by atoms with E-state index in [1.807, 2.05) is 0 Å². The van der Waals surface area contributed by atoms with Crippen molar-refractivity contribution < 1.29 is 13.9 Å². The number of rotatable bonds is 5. The average Bonchev–Trinajstić information content (AvgIpc) is 3.32. The molecule has 1 N–H and O–H groups in total. The number of hydrogen-bond donors (Lipinski definition) is 1. The molecule has 4 aromatic rings. The lowest BCUT2D eigenvalue weighted by Crippen LogP contribution is -2.24. The molecule has 0 aliphatic carbocycles. The fraction of sp³-hybridized carbons (Fsp3) is 0.0870. The highest BCUT2D eigenvalue weighted by molar-refractivity contribution is 7.12. The van der Waals surface area contributed by atoms with Gasteiger partial charge in [0.15, 0.2) is 0 Å². The lowest BCUT2D eigenvalue weighted by Gasteiger charge is -2.18. The number of ether oxygens (including phenoxy) is 1. The van der Waals surface area contributed by atoms with Gasteiger partial charge in [-0.15, -0.1) is 11.3 Å². The third-order valence-corrected chi connectivity index (χ3v) is 5.55. The van der Waals surface area contributed by atoms with Gasteiger partial charge in [-0.2, -0.15) is 5.10 Å². The van der Waals surface area contributed by atoms with Crippen molar-refractivity contribution in [2.24, 2.45) is 0 Å². The zero-order valence-electron chi connectivity index (χ0n) is 16.8. The number of nitrogens with one attached hydrogen (secondary N) is 1. The molecule has 0 bridgehead atoms. The van der Waals surface area contributed by atoms with Gasteiger partial charge in [0, 0.05) is 0 Å². The standard InChI is InChI=1S/C23H18FN3O3S/c1-14-21(28)20(15-5-11-18(30-2)12-6-15)22(25-23(29)19-4-3-13-31-19)27(26-14)17-9-7-16(24)8-10-17/h3-13H,1-2H3,(H,25,29). The number of carbonyl (C=O) groups excluding carboxylic acids is 1. The topological polar surface area (TPSA) is 73.2 Å². The molecule has 1 amide bonds. The predicted molar refractivity (Wildman–Crippen MR) is 119 cm³/mol. The molecule has 0 saturated heterocycles. The molecule has 0 fully saturated rings. The number of carbonyl (C=O) groups is 1. The summed E-state index contributed by atoms with van der Waals surface area (Å²) in [6.45, 7) is 1.60. The Labute approximate surface area is 181 Å². The van der Waals surface area contributed by atoms with Crippen LogP contribution < -0.4 is 15.5 Å². The van der Waals surface area contributed by atoms with Crippen molar-refractivity contribution in [1.29, 1.82) is 0 Å². The number of methoxy groups -OCH3 is 1. The van der Waals surface area contributed by atoms with Crippen molar-refractivity contribution in [2.45, 2.75) is 6.92 Å². The lowest BCUT2D eigenvalue weighted by molar-refractivity contribution is 0.102. The molecule has 0 aliphatic heterocycles. The minimum absolute atomic E-state index is 0.200. The maximum Gasteiger partial charge on any atom is 0.266 e. The summed E-state index contributed by atoms with van der Waals surface area (Å²) in [4.78, 5) is 26.5. The van der Waals surface area contributed by atoms with Crippen LogP contribution in [0, 0.1) is 12.7 Å². The highest BCUT2D eigenvalue weighted by atomic mass is 32.1. The SMILES string of the molecule is COc1ccc(-c2c(NC(=O)c3cccs3)n(-c3ccc(F)cc3)nc(C)c2=O)cc1. The minimum Gasteiger partial charge on any atom is -0.497 e. The highest BCUT2D eigenvalue weighted by Crippen LogP contribution is 2.29. The smallest absolute Gasteiger partial charge is 0.266 e. The van der Waals surface area contributed by atoms with Crippen LogP contribution in [-0.2, 0) is 0 Å². The zero-order valence-corrected chi connectivity index (χ0v) is 17.6. The van der Waals surface area contributed by atoms with Crippen molar-refractivity contribution in [3.05, 3.63) is 92.7 Å². The number of nitrogens with zero attached hydrogens (tertiary/aromatic N) is 2.